The van der Waals surface area contributed by atoms with Crippen molar-refractivity contribution in [3.63, 3.8) is 0 Å². The molecule has 0 aliphatic carbocycles. The fourth-order valence-corrected chi connectivity index (χ4v) is 4.26. The molecule has 1 saturated heterocycles. The molecule has 0 radical (unpaired) electrons. The molecule has 0 bridgehead atoms. The van der Waals surface area contributed by atoms with Gasteiger partial charge in [-0.15, -0.1) is 10.2 Å². The van der Waals surface area contributed by atoms with Crippen LogP contribution in [0.1, 0.15) is 24.2 Å². The Labute approximate surface area is 174 Å². The maximum Gasteiger partial charge on any atom is 0.183 e. The molecule has 1 unspecified atom stereocenters. The average Bonchev–Trinajstić information content (AvgIpc) is 3.20. The number of halogens is 1. The Balaban J connectivity index is 1.72. The topological polar surface area (TPSA) is 55.6 Å². The lowest BCUT2D eigenvalue weighted by Gasteiger charge is -2.32. The van der Waals surface area contributed by atoms with Gasteiger partial charge in [-0.25, -0.2) is 4.98 Å². The number of hydrogen-bond acceptors (Lipinski definition) is 5. The normalized spacial score (nSPS) is 16.5. The highest BCUT2D eigenvalue weighted by molar-refractivity contribution is 6.33. The third-order valence-corrected chi connectivity index (χ3v) is 6.04. The Morgan fingerprint density at radius 3 is 2.66 bits per heavy atom. The van der Waals surface area contributed by atoms with E-state index in [1.807, 2.05) is 31.2 Å². The second-order valence-electron chi connectivity index (χ2n) is 7.43. The molecule has 1 fully saturated rings. The van der Waals surface area contributed by atoms with Crippen LogP contribution in [-0.4, -0.2) is 50.8 Å². The summed E-state index contributed by atoms with van der Waals surface area (Å²) in [4.78, 5) is 7.21. The number of rotatable bonds is 3. The van der Waals surface area contributed by atoms with Crippen molar-refractivity contribution in [2.75, 3.05) is 26.3 Å². The molecule has 0 amide bonds. The first kappa shape index (κ1) is 18.5. The fraction of sp³-hybridized carbons (Fsp3) is 0.318. The minimum absolute atomic E-state index is 0.292. The average molecular weight is 408 g/mol. The summed E-state index contributed by atoms with van der Waals surface area (Å²) in [5, 5.41) is 9.53. The lowest BCUT2D eigenvalue weighted by Crippen LogP contribution is -2.38. The zero-order chi connectivity index (χ0) is 20.0. The third-order valence-electron chi connectivity index (χ3n) is 5.71. The van der Waals surface area contributed by atoms with E-state index in [2.05, 4.69) is 44.6 Å². The molecule has 0 spiro atoms. The maximum atomic E-state index is 6.48. The molecule has 2 aromatic heterocycles. The summed E-state index contributed by atoms with van der Waals surface area (Å²) in [5.41, 5.74) is 5.61. The van der Waals surface area contributed by atoms with Crippen LogP contribution in [0.4, 0.5) is 0 Å². The van der Waals surface area contributed by atoms with Crippen molar-refractivity contribution in [3.8, 4) is 11.4 Å². The molecule has 5 rings (SSSR count). The number of morpholine rings is 1. The van der Waals surface area contributed by atoms with E-state index >= 15 is 0 Å². The molecule has 1 aliphatic rings. The van der Waals surface area contributed by atoms with Crippen LogP contribution in [0.5, 0.6) is 0 Å². The lowest BCUT2D eigenvalue weighted by atomic mass is 10.1. The molecule has 7 heteroatoms. The van der Waals surface area contributed by atoms with Gasteiger partial charge < -0.3 is 4.74 Å². The van der Waals surface area contributed by atoms with Crippen LogP contribution in [0.25, 0.3) is 28.1 Å². The van der Waals surface area contributed by atoms with Crippen LogP contribution in [0, 0.1) is 6.92 Å². The second-order valence-corrected chi connectivity index (χ2v) is 7.84. The number of hydrogen-bond donors (Lipinski definition) is 0. The van der Waals surface area contributed by atoms with Crippen LogP contribution in [0.2, 0.25) is 5.02 Å². The predicted octanol–water partition coefficient (Wildman–Crippen LogP) is 4.30. The Morgan fingerprint density at radius 1 is 1.07 bits per heavy atom. The zero-order valence-corrected chi connectivity index (χ0v) is 17.2. The number of ether oxygens (including phenoxy) is 1. The minimum atomic E-state index is 0.292. The summed E-state index contributed by atoms with van der Waals surface area (Å²) in [5.74, 6) is 0.734. The summed E-state index contributed by atoms with van der Waals surface area (Å²) in [7, 11) is 0. The maximum absolute atomic E-state index is 6.48. The van der Waals surface area contributed by atoms with Gasteiger partial charge in [0.2, 0.25) is 0 Å². The SMILES string of the molecule is Cc1nc2ccc(C(C)N3CCOCC3)cc2n2c(-c3ccccc3Cl)nnc12. The fourth-order valence-electron chi connectivity index (χ4n) is 4.04. The van der Waals surface area contributed by atoms with Crippen molar-refractivity contribution in [2.45, 2.75) is 19.9 Å². The first-order chi connectivity index (χ1) is 14.1. The predicted molar refractivity (Wildman–Crippen MR) is 114 cm³/mol. The highest BCUT2D eigenvalue weighted by Gasteiger charge is 2.21. The van der Waals surface area contributed by atoms with Crippen molar-refractivity contribution in [3.05, 3.63) is 58.7 Å². The first-order valence-electron chi connectivity index (χ1n) is 9.85. The number of benzene rings is 2. The number of aryl methyl sites for hydroxylation is 1. The van der Waals surface area contributed by atoms with Crippen LogP contribution >= 0.6 is 11.6 Å². The third kappa shape index (κ3) is 3.17. The molecule has 0 N–H and O–H groups in total. The summed E-state index contributed by atoms with van der Waals surface area (Å²) in [6, 6.07) is 14.5. The summed E-state index contributed by atoms with van der Waals surface area (Å²) >= 11 is 6.48. The number of fused-ring (bicyclic) bond motifs is 3. The summed E-state index contributed by atoms with van der Waals surface area (Å²) in [6.45, 7) is 7.66. The molecule has 29 heavy (non-hydrogen) atoms. The van der Waals surface area contributed by atoms with Crippen molar-refractivity contribution in [1.29, 1.82) is 0 Å². The van der Waals surface area contributed by atoms with E-state index in [1.165, 1.54) is 5.56 Å². The highest BCUT2D eigenvalue weighted by Crippen LogP contribution is 2.31. The van der Waals surface area contributed by atoms with Crippen LogP contribution in [-0.2, 0) is 4.74 Å². The molecular formula is C22H22ClN5O. The molecule has 4 aromatic rings. The van der Waals surface area contributed by atoms with Gasteiger partial charge in [-0.1, -0.05) is 29.8 Å². The molecule has 1 atom stereocenters. The molecule has 0 saturated carbocycles. The van der Waals surface area contributed by atoms with Gasteiger partial charge in [-0.05, 0) is 43.7 Å². The van der Waals surface area contributed by atoms with E-state index in [4.69, 9.17) is 21.3 Å². The quantitative estimate of drug-likeness (QED) is 0.506. The molecule has 148 valence electrons. The monoisotopic (exact) mass is 407 g/mol. The smallest absolute Gasteiger partial charge is 0.183 e. The Morgan fingerprint density at radius 2 is 1.86 bits per heavy atom. The lowest BCUT2D eigenvalue weighted by molar-refractivity contribution is 0.0199. The van der Waals surface area contributed by atoms with Gasteiger partial charge >= 0.3 is 0 Å². The molecule has 1 aliphatic heterocycles. The Hall–Kier alpha value is -2.54. The van der Waals surface area contributed by atoms with Crippen molar-refractivity contribution < 1.29 is 4.74 Å². The minimum Gasteiger partial charge on any atom is -0.379 e. The van der Waals surface area contributed by atoms with Gasteiger partial charge in [-0.2, -0.15) is 0 Å². The molecule has 2 aromatic carbocycles. The number of nitrogens with zero attached hydrogens (tertiary/aromatic N) is 5. The van der Waals surface area contributed by atoms with Crippen LogP contribution in [0.15, 0.2) is 42.5 Å². The van der Waals surface area contributed by atoms with Gasteiger partial charge in [0.05, 0.1) is 35.0 Å². The van der Waals surface area contributed by atoms with Gasteiger partial charge in [0.15, 0.2) is 11.5 Å². The standard InChI is InChI=1S/C22H22ClN5O/c1-14-21-25-26-22(17-5-3-4-6-18(17)23)28(21)20-13-16(7-8-19(20)24-14)15(2)27-9-11-29-12-10-27/h3-8,13,15H,9-12H2,1-2H3. The van der Waals surface area contributed by atoms with Crippen LogP contribution < -0.4 is 0 Å². The Bertz CT molecular complexity index is 1200. The first-order valence-corrected chi connectivity index (χ1v) is 10.2. The van der Waals surface area contributed by atoms with E-state index in [0.29, 0.717) is 11.1 Å². The van der Waals surface area contributed by atoms with Gasteiger partial charge in [0.1, 0.15) is 0 Å². The second kappa shape index (κ2) is 7.37. The highest BCUT2D eigenvalue weighted by atomic mass is 35.5. The summed E-state index contributed by atoms with van der Waals surface area (Å²) < 4.78 is 7.59. The molecule has 6 nitrogen and oxygen atoms in total. The van der Waals surface area contributed by atoms with E-state index in [0.717, 1.165) is 60.1 Å². The van der Waals surface area contributed by atoms with E-state index in [9.17, 15) is 0 Å². The molecule has 3 heterocycles. The van der Waals surface area contributed by atoms with E-state index in [-0.39, 0.29) is 0 Å². The zero-order valence-electron chi connectivity index (χ0n) is 16.5. The summed E-state index contributed by atoms with van der Waals surface area (Å²) in [6.07, 6.45) is 0. The number of aromatic nitrogens is 4. The van der Waals surface area contributed by atoms with Crippen molar-refractivity contribution in [2.24, 2.45) is 0 Å². The van der Waals surface area contributed by atoms with Gasteiger partial charge in [0.25, 0.3) is 0 Å². The molecular weight excluding hydrogens is 386 g/mol. The van der Waals surface area contributed by atoms with Gasteiger partial charge in [-0.3, -0.25) is 9.30 Å². The Kier molecular flexibility index (Phi) is 4.70. The van der Waals surface area contributed by atoms with E-state index < -0.39 is 0 Å². The van der Waals surface area contributed by atoms with Crippen molar-refractivity contribution >= 4 is 28.3 Å². The largest absolute Gasteiger partial charge is 0.379 e. The van der Waals surface area contributed by atoms with Gasteiger partial charge in [0, 0.05) is 24.7 Å². The van der Waals surface area contributed by atoms with Crippen molar-refractivity contribution in [1.82, 2.24) is 24.5 Å². The van der Waals surface area contributed by atoms with E-state index in [1.54, 1.807) is 0 Å². The van der Waals surface area contributed by atoms with Crippen LogP contribution in [0.3, 0.4) is 0 Å².